The van der Waals surface area contributed by atoms with Crippen LogP contribution in [0, 0.1) is 17.8 Å². The maximum atomic E-state index is 3.83. The monoisotopic (exact) mass is 164 g/mol. The van der Waals surface area contributed by atoms with E-state index in [0.717, 1.165) is 17.8 Å². The van der Waals surface area contributed by atoms with E-state index in [1.807, 2.05) is 0 Å². The highest BCUT2D eigenvalue weighted by Gasteiger charge is 2.38. The molecule has 0 amide bonds. The average Bonchev–Trinajstić information content (AvgIpc) is 2.83. The number of hydrogen-bond donors (Lipinski definition) is 0. The standard InChI is InChI=1S/C12H20/c1-4-6-7-8-11-9-12(11)10(3)5-2/h5-7,10-12H,2,4,8-9H2,1,3H3. The van der Waals surface area contributed by atoms with Gasteiger partial charge in [-0.25, -0.2) is 0 Å². The molecule has 68 valence electrons. The third kappa shape index (κ3) is 2.51. The van der Waals surface area contributed by atoms with Crippen LogP contribution in [0.4, 0.5) is 0 Å². The summed E-state index contributed by atoms with van der Waals surface area (Å²) in [5, 5.41) is 0. The van der Waals surface area contributed by atoms with Gasteiger partial charge in [-0.2, -0.15) is 0 Å². The molecular formula is C12H20. The predicted octanol–water partition coefficient (Wildman–Crippen LogP) is 3.80. The molecule has 3 atom stereocenters. The SMILES string of the molecule is C=CC(C)C1CC1CC=CCC. The van der Waals surface area contributed by atoms with E-state index in [4.69, 9.17) is 0 Å². The summed E-state index contributed by atoms with van der Waals surface area (Å²) in [6.07, 6.45) is 10.6. The van der Waals surface area contributed by atoms with Crippen LogP contribution in [-0.2, 0) is 0 Å². The molecule has 12 heavy (non-hydrogen) atoms. The lowest BCUT2D eigenvalue weighted by Crippen LogP contribution is -1.93. The van der Waals surface area contributed by atoms with Gasteiger partial charge in [-0.05, 0) is 37.0 Å². The van der Waals surface area contributed by atoms with E-state index in [-0.39, 0.29) is 0 Å². The van der Waals surface area contributed by atoms with Gasteiger partial charge in [0.05, 0.1) is 0 Å². The third-order valence-electron chi connectivity index (χ3n) is 2.87. The molecule has 0 radical (unpaired) electrons. The van der Waals surface area contributed by atoms with Crippen LogP contribution in [0.2, 0.25) is 0 Å². The molecule has 1 rings (SSSR count). The molecule has 0 bridgehead atoms. The van der Waals surface area contributed by atoms with Gasteiger partial charge in [0.25, 0.3) is 0 Å². The summed E-state index contributed by atoms with van der Waals surface area (Å²) in [6, 6.07) is 0. The van der Waals surface area contributed by atoms with Gasteiger partial charge in [-0.1, -0.05) is 32.1 Å². The van der Waals surface area contributed by atoms with Crippen LogP contribution in [0.1, 0.15) is 33.1 Å². The average molecular weight is 164 g/mol. The van der Waals surface area contributed by atoms with Crippen molar-refractivity contribution < 1.29 is 0 Å². The van der Waals surface area contributed by atoms with Crippen LogP contribution in [0.15, 0.2) is 24.8 Å². The normalized spacial score (nSPS) is 30.5. The summed E-state index contributed by atoms with van der Waals surface area (Å²) in [5.41, 5.74) is 0. The highest BCUT2D eigenvalue weighted by molar-refractivity contribution is 4.99. The van der Waals surface area contributed by atoms with Crippen LogP contribution >= 0.6 is 0 Å². The van der Waals surface area contributed by atoms with Crippen molar-refractivity contribution in [2.45, 2.75) is 33.1 Å². The minimum Gasteiger partial charge on any atom is -0.103 e. The van der Waals surface area contributed by atoms with Crippen molar-refractivity contribution in [1.29, 1.82) is 0 Å². The Bertz CT molecular complexity index is 167. The molecule has 1 aliphatic rings. The van der Waals surface area contributed by atoms with E-state index >= 15 is 0 Å². The molecule has 0 heteroatoms. The van der Waals surface area contributed by atoms with E-state index in [1.54, 1.807) is 0 Å². The Labute approximate surface area is 76.4 Å². The second kappa shape index (κ2) is 4.49. The van der Waals surface area contributed by atoms with Crippen LogP contribution in [0.3, 0.4) is 0 Å². The summed E-state index contributed by atoms with van der Waals surface area (Å²) < 4.78 is 0. The summed E-state index contributed by atoms with van der Waals surface area (Å²) >= 11 is 0. The van der Waals surface area contributed by atoms with Gasteiger partial charge < -0.3 is 0 Å². The predicted molar refractivity (Wildman–Crippen MR) is 55.0 cm³/mol. The maximum absolute atomic E-state index is 3.83. The summed E-state index contributed by atoms with van der Waals surface area (Å²) in [7, 11) is 0. The van der Waals surface area contributed by atoms with Gasteiger partial charge in [0.2, 0.25) is 0 Å². The van der Waals surface area contributed by atoms with E-state index in [9.17, 15) is 0 Å². The molecule has 0 spiro atoms. The topological polar surface area (TPSA) is 0 Å². The fourth-order valence-electron chi connectivity index (χ4n) is 1.80. The Kier molecular flexibility index (Phi) is 3.58. The lowest BCUT2D eigenvalue weighted by Gasteiger charge is -2.01. The minimum atomic E-state index is 0.727. The van der Waals surface area contributed by atoms with Crippen LogP contribution in [-0.4, -0.2) is 0 Å². The van der Waals surface area contributed by atoms with Crippen molar-refractivity contribution in [1.82, 2.24) is 0 Å². The van der Waals surface area contributed by atoms with Crippen molar-refractivity contribution in [2.24, 2.45) is 17.8 Å². The highest BCUT2D eigenvalue weighted by atomic mass is 14.4. The van der Waals surface area contributed by atoms with Crippen LogP contribution < -0.4 is 0 Å². The molecule has 0 aromatic rings. The first-order valence-electron chi connectivity index (χ1n) is 5.07. The van der Waals surface area contributed by atoms with E-state index < -0.39 is 0 Å². The van der Waals surface area contributed by atoms with Crippen LogP contribution in [0.5, 0.6) is 0 Å². The van der Waals surface area contributed by atoms with Gasteiger partial charge in [-0.15, -0.1) is 6.58 Å². The van der Waals surface area contributed by atoms with Crippen LogP contribution in [0.25, 0.3) is 0 Å². The zero-order chi connectivity index (χ0) is 8.97. The maximum Gasteiger partial charge on any atom is -0.0233 e. The molecule has 0 aromatic carbocycles. The summed E-state index contributed by atoms with van der Waals surface area (Å²) in [4.78, 5) is 0. The molecule has 0 heterocycles. The molecule has 1 aliphatic carbocycles. The zero-order valence-corrected chi connectivity index (χ0v) is 8.29. The van der Waals surface area contributed by atoms with Crippen molar-refractivity contribution in [3.05, 3.63) is 24.8 Å². The van der Waals surface area contributed by atoms with Crippen molar-refractivity contribution in [3.63, 3.8) is 0 Å². The second-order valence-electron chi connectivity index (χ2n) is 3.87. The number of allylic oxidation sites excluding steroid dienone is 3. The number of rotatable bonds is 5. The Balaban J connectivity index is 2.15. The smallest absolute Gasteiger partial charge is 0.0233 e. The first kappa shape index (κ1) is 9.57. The van der Waals surface area contributed by atoms with Gasteiger partial charge in [0.1, 0.15) is 0 Å². The molecule has 0 aromatic heterocycles. The molecule has 3 unspecified atom stereocenters. The van der Waals surface area contributed by atoms with Crippen molar-refractivity contribution in [3.8, 4) is 0 Å². The van der Waals surface area contributed by atoms with Gasteiger partial charge in [0, 0.05) is 0 Å². The fraction of sp³-hybridized carbons (Fsp3) is 0.667. The zero-order valence-electron chi connectivity index (χ0n) is 8.29. The molecule has 0 N–H and O–H groups in total. The Morgan fingerprint density at radius 1 is 1.50 bits per heavy atom. The first-order chi connectivity index (χ1) is 5.79. The molecule has 1 fully saturated rings. The lowest BCUT2D eigenvalue weighted by atomic mass is 10.0. The largest absolute Gasteiger partial charge is 0.103 e. The summed E-state index contributed by atoms with van der Waals surface area (Å²) in [5.74, 6) is 2.62. The summed E-state index contributed by atoms with van der Waals surface area (Å²) in [6.45, 7) is 8.30. The Morgan fingerprint density at radius 3 is 2.83 bits per heavy atom. The highest BCUT2D eigenvalue weighted by Crippen LogP contribution is 2.46. The Morgan fingerprint density at radius 2 is 2.25 bits per heavy atom. The van der Waals surface area contributed by atoms with Gasteiger partial charge in [0.15, 0.2) is 0 Å². The first-order valence-corrected chi connectivity index (χ1v) is 5.07. The van der Waals surface area contributed by atoms with Gasteiger partial charge in [-0.3, -0.25) is 0 Å². The minimum absolute atomic E-state index is 0.727. The fourth-order valence-corrected chi connectivity index (χ4v) is 1.80. The molecular weight excluding hydrogens is 144 g/mol. The van der Waals surface area contributed by atoms with Crippen molar-refractivity contribution in [2.75, 3.05) is 0 Å². The van der Waals surface area contributed by atoms with E-state index in [2.05, 4.69) is 38.7 Å². The second-order valence-corrected chi connectivity index (χ2v) is 3.87. The Hall–Kier alpha value is -0.520. The van der Waals surface area contributed by atoms with Crippen molar-refractivity contribution >= 4 is 0 Å². The number of hydrogen-bond acceptors (Lipinski definition) is 0. The lowest BCUT2D eigenvalue weighted by molar-refractivity contribution is 0.571. The molecule has 1 saturated carbocycles. The molecule has 0 nitrogen and oxygen atoms in total. The van der Waals surface area contributed by atoms with E-state index in [1.165, 1.54) is 19.3 Å². The molecule has 0 saturated heterocycles. The van der Waals surface area contributed by atoms with E-state index in [0.29, 0.717) is 0 Å². The third-order valence-corrected chi connectivity index (χ3v) is 2.87. The quantitative estimate of drug-likeness (QED) is 0.542. The van der Waals surface area contributed by atoms with Gasteiger partial charge >= 0.3 is 0 Å². The molecule has 0 aliphatic heterocycles.